The van der Waals surface area contributed by atoms with E-state index in [-0.39, 0.29) is 11.9 Å². The van der Waals surface area contributed by atoms with Crippen LogP contribution in [0.3, 0.4) is 0 Å². The number of nitrogens with one attached hydrogen (secondary N) is 2. The molecule has 112 valence electrons. The van der Waals surface area contributed by atoms with Crippen molar-refractivity contribution in [2.24, 2.45) is 0 Å². The van der Waals surface area contributed by atoms with Gasteiger partial charge in [-0.05, 0) is 5.56 Å². The van der Waals surface area contributed by atoms with Crippen LogP contribution in [-0.2, 0) is 4.79 Å². The van der Waals surface area contributed by atoms with E-state index in [4.69, 9.17) is 0 Å². The lowest BCUT2D eigenvalue weighted by molar-refractivity contribution is -0.122. The number of imide groups is 1. The predicted octanol–water partition coefficient (Wildman–Crippen LogP) is 0.551. The van der Waals surface area contributed by atoms with E-state index in [0.29, 0.717) is 18.7 Å². The molecule has 1 fully saturated rings. The van der Waals surface area contributed by atoms with Gasteiger partial charge in [-0.15, -0.1) is 0 Å². The van der Waals surface area contributed by atoms with Gasteiger partial charge in [0.15, 0.2) is 0 Å². The van der Waals surface area contributed by atoms with Gasteiger partial charge in [0, 0.05) is 27.2 Å². The molecular formula is C14H18N4O3. The first-order chi connectivity index (χ1) is 10.0. The van der Waals surface area contributed by atoms with Crippen LogP contribution in [0.4, 0.5) is 9.59 Å². The first kappa shape index (κ1) is 14.8. The zero-order valence-electron chi connectivity index (χ0n) is 12.0. The fourth-order valence-corrected chi connectivity index (χ4v) is 2.13. The molecular weight excluding hydrogens is 272 g/mol. The summed E-state index contributed by atoms with van der Waals surface area (Å²) in [7, 11) is 3.13. The zero-order valence-corrected chi connectivity index (χ0v) is 12.0. The molecule has 1 aromatic carbocycles. The first-order valence-electron chi connectivity index (χ1n) is 6.64. The Balaban J connectivity index is 2.14. The second-order valence-electron chi connectivity index (χ2n) is 4.76. The van der Waals surface area contributed by atoms with Gasteiger partial charge in [0.25, 0.3) is 0 Å². The van der Waals surface area contributed by atoms with E-state index < -0.39 is 12.1 Å². The Bertz CT molecular complexity index is 546. The van der Waals surface area contributed by atoms with Crippen LogP contribution in [0.15, 0.2) is 30.3 Å². The zero-order chi connectivity index (χ0) is 15.4. The lowest BCUT2D eigenvalue weighted by atomic mass is 10.1. The van der Waals surface area contributed by atoms with E-state index in [9.17, 15) is 14.4 Å². The molecule has 2 rings (SSSR count). The number of benzene rings is 1. The smallest absolute Gasteiger partial charge is 0.328 e. The van der Waals surface area contributed by atoms with E-state index in [1.165, 1.54) is 11.9 Å². The van der Waals surface area contributed by atoms with Gasteiger partial charge in [-0.25, -0.2) is 14.5 Å². The molecule has 0 spiro atoms. The molecule has 7 nitrogen and oxygen atoms in total. The Morgan fingerprint density at radius 1 is 1.19 bits per heavy atom. The van der Waals surface area contributed by atoms with E-state index >= 15 is 0 Å². The van der Waals surface area contributed by atoms with Gasteiger partial charge >= 0.3 is 12.1 Å². The van der Waals surface area contributed by atoms with Crippen molar-refractivity contribution >= 4 is 18.0 Å². The third-order valence-corrected chi connectivity index (χ3v) is 3.37. The number of carbonyl (C=O) groups is 3. The molecule has 1 aliphatic rings. The molecule has 1 heterocycles. The second-order valence-corrected chi connectivity index (χ2v) is 4.76. The summed E-state index contributed by atoms with van der Waals surface area (Å²) in [6.45, 7) is 0.804. The van der Waals surface area contributed by atoms with Crippen molar-refractivity contribution in [2.45, 2.75) is 6.04 Å². The van der Waals surface area contributed by atoms with Gasteiger partial charge in [-0.1, -0.05) is 30.3 Å². The minimum Gasteiger partial charge on any atom is -0.357 e. The van der Waals surface area contributed by atoms with Crippen LogP contribution in [0.25, 0.3) is 0 Å². The summed E-state index contributed by atoms with van der Waals surface area (Å²) in [5.41, 5.74) is 0.658. The summed E-state index contributed by atoms with van der Waals surface area (Å²) < 4.78 is 0. The number of nitrogens with zero attached hydrogens (tertiary/aromatic N) is 2. The van der Waals surface area contributed by atoms with Crippen LogP contribution in [-0.4, -0.2) is 55.0 Å². The molecule has 1 aromatic rings. The topological polar surface area (TPSA) is 81.8 Å². The third kappa shape index (κ3) is 3.13. The van der Waals surface area contributed by atoms with Crippen molar-refractivity contribution in [3.8, 4) is 0 Å². The van der Waals surface area contributed by atoms with E-state index in [1.54, 1.807) is 31.3 Å². The maximum atomic E-state index is 12.2. The summed E-state index contributed by atoms with van der Waals surface area (Å²) in [5, 5.41) is 5.12. The Morgan fingerprint density at radius 2 is 1.86 bits per heavy atom. The number of carbonyl (C=O) groups excluding carboxylic acids is 3. The largest absolute Gasteiger partial charge is 0.357 e. The highest BCUT2D eigenvalue weighted by atomic mass is 16.2. The van der Waals surface area contributed by atoms with Crippen molar-refractivity contribution in [2.75, 3.05) is 27.2 Å². The fraction of sp³-hybridized carbons (Fsp3) is 0.357. The summed E-state index contributed by atoms with van der Waals surface area (Å²) in [6, 6.07) is 7.13. The lowest BCUT2D eigenvalue weighted by Crippen LogP contribution is -2.47. The van der Waals surface area contributed by atoms with Gasteiger partial charge in [0.05, 0.1) is 0 Å². The Kier molecular flexibility index (Phi) is 4.42. The summed E-state index contributed by atoms with van der Waals surface area (Å²) in [6.07, 6.45) is 0. The Hall–Kier alpha value is -2.57. The van der Waals surface area contributed by atoms with E-state index in [0.717, 1.165) is 4.90 Å². The van der Waals surface area contributed by atoms with Crippen molar-refractivity contribution in [3.05, 3.63) is 35.9 Å². The van der Waals surface area contributed by atoms with Crippen LogP contribution in [0, 0.1) is 0 Å². The second kappa shape index (κ2) is 6.25. The number of amides is 5. The highest BCUT2D eigenvalue weighted by Gasteiger charge is 2.33. The molecule has 2 N–H and O–H groups in total. The standard InChI is InChI=1S/C14H18N4O3/c1-15-12(19)11(10-6-4-3-5-7-10)16-13(20)18-9-8-17(2)14(18)21/h3-7,11H,8-9H2,1-2H3,(H,15,19)(H,16,20). The molecule has 1 aliphatic heterocycles. The highest BCUT2D eigenvalue weighted by molar-refractivity contribution is 5.97. The third-order valence-electron chi connectivity index (χ3n) is 3.37. The first-order valence-corrected chi connectivity index (χ1v) is 6.64. The van der Waals surface area contributed by atoms with Gasteiger partial charge in [0.2, 0.25) is 5.91 Å². The average Bonchev–Trinajstić information content (AvgIpc) is 2.84. The van der Waals surface area contributed by atoms with E-state index in [2.05, 4.69) is 10.6 Å². The molecule has 1 saturated heterocycles. The van der Waals surface area contributed by atoms with Gasteiger partial charge < -0.3 is 15.5 Å². The van der Waals surface area contributed by atoms with Crippen LogP contribution in [0.5, 0.6) is 0 Å². The molecule has 0 aliphatic carbocycles. The molecule has 0 saturated carbocycles. The SMILES string of the molecule is CNC(=O)C(NC(=O)N1CCN(C)C1=O)c1ccccc1. The maximum absolute atomic E-state index is 12.2. The molecule has 0 bridgehead atoms. The minimum absolute atomic E-state index is 0.316. The van der Waals surface area contributed by atoms with Gasteiger partial charge in [-0.3, -0.25) is 4.79 Å². The van der Waals surface area contributed by atoms with Crippen LogP contribution in [0.2, 0.25) is 0 Å². The Morgan fingerprint density at radius 3 is 2.38 bits per heavy atom. The van der Waals surface area contributed by atoms with Gasteiger partial charge in [-0.2, -0.15) is 0 Å². The summed E-state index contributed by atoms with van der Waals surface area (Å²) in [5.74, 6) is -0.338. The monoisotopic (exact) mass is 290 g/mol. The van der Waals surface area contributed by atoms with Crippen LogP contribution >= 0.6 is 0 Å². The minimum atomic E-state index is -0.831. The van der Waals surface area contributed by atoms with E-state index in [1.807, 2.05) is 6.07 Å². The average molecular weight is 290 g/mol. The number of hydrogen-bond donors (Lipinski definition) is 2. The quantitative estimate of drug-likeness (QED) is 0.853. The molecule has 1 atom stereocenters. The number of likely N-dealkylation sites (N-methyl/N-ethyl adjacent to an activating group) is 2. The van der Waals surface area contributed by atoms with Crippen molar-refractivity contribution in [1.82, 2.24) is 20.4 Å². The molecule has 1 unspecified atom stereocenters. The highest BCUT2D eigenvalue weighted by Crippen LogP contribution is 2.14. The maximum Gasteiger partial charge on any atom is 0.328 e. The summed E-state index contributed by atoms with van der Waals surface area (Å²) in [4.78, 5) is 38.5. The number of urea groups is 2. The molecule has 0 radical (unpaired) electrons. The predicted molar refractivity (Wildman–Crippen MR) is 76.5 cm³/mol. The van der Waals surface area contributed by atoms with Crippen LogP contribution < -0.4 is 10.6 Å². The van der Waals surface area contributed by atoms with Crippen molar-refractivity contribution < 1.29 is 14.4 Å². The normalized spacial score (nSPS) is 15.8. The van der Waals surface area contributed by atoms with Gasteiger partial charge in [0.1, 0.15) is 6.04 Å². The molecule has 0 aromatic heterocycles. The summed E-state index contributed by atoms with van der Waals surface area (Å²) >= 11 is 0. The number of rotatable bonds is 3. The fourth-order valence-electron chi connectivity index (χ4n) is 2.13. The van der Waals surface area contributed by atoms with Crippen molar-refractivity contribution in [1.29, 1.82) is 0 Å². The lowest BCUT2D eigenvalue weighted by Gasteiger charge is -2.21. The Labute approximate surface area is 122 Å². The number of hydrogen-bond acceptors (Lipinski definition) is 3. The van der Waals surface area contributed by atoms with Crippen molar-refractivity contribution in [3.63, 3.8) is 0 Å². The molecule has 21 heavy (non-hydrogen) atoms. The molecule has 7 heteroatoms. The van der Waals surface area contributed by atoms with Crippen LogP contribution in [0.1, 0.15) is 11.6 Å². The molecule has 5 amide bonds.